The fraction of sp³-hybridized carbons (Fsp3) is 0.367. The third kappa shape index (κ3) is 13.2. The van der Waals surface area contributed by atoms with Crippen molar-refractivity contribution in [3.63, 3.8) is 0 Å². The van der Waals surface area contributed by atoms with E-state index < -0.39 is 6.04 Å². The van der Waals surface area contributed by atoms with Gasteiger partial charge in [0.1, 0.15) is 24.1 Å². The number of hydrogen-bond donors (Lipinski definition) is 4. The van der Waals surface area contributed by atoms with Crippen molar-refractivity contribution in [2.24, 2.45) is 7.05 Å². The number of aryl methyl sites for hydroxylation is 2. The van der Waals surface area contributed by atoms with Gasteiger partial charge in [0.15, 0.2) is 11.6 Å². The molecule has 354 valence electrons. The van der Waals surface area contributed by atoms with Gasteiger partial charge < -0.3 is 25.3 Å². The standard InChI is InChI=1S/C49H57N13O6/c1-33(53-48(66)35-13-8-15-37(26-35)51-28-44-57-58-47(61(44)3)42-22-23-50-32-52-42)34-12-9-17-39(27-34)68-25-7-5-4-6-24-62-29-38(56-59-62)16-11-19-45(64)54-41-18-10-14-36(31-63)40(41)30-60(2)43-20-21-46(65)55-49(43)67/h8-10,12-15,17-18,22-23,26-27,29,31-33,43,51H,4-7,11,16,19-21,24-25,28,30H2,1-3H3,(H,53,66)(H,54,64)(H,55,65,67). The highest BCUT2D eigenvalue weighted by Crippen LogP contribution is 2.25. The first-order chi connectivity index (χ1) is 33.0. The van der Waals surface area contributed by atoms with Gasteiger partial charge in [-0.05, 0) is 101 Å². The summed E-state index contributed by atoms with van der Waals surface area (Å²) in [7, 11) is 3.64. The average molecular weight is 924 g/mol. The van der Waals surface area contributed by atoms with E-state index in [1.165, 1.54) is 6.33 Å². The molecular formula is C49H57N13O6. The molecule has 1 aliphatic rings. The third-order valence-electron chi connectivity index (χ3n) is 11.8. The number of likely N-dealkylation sites (N-methyl/N-ethyl adjacent to an activating group) is 1. The van der Waals surface area contributed by atoms with Crippen molar-refractivity contribution >= 4 is 41.3 Å². The number of anilines is 2. The van der Waals surface area contributed by atoms with Crippen LogP contribution in [0.3, 0.4) is 0 Å². The Kier molecular flexibility index (Phi) is 16.8. The van der Waals surface area contributed by atoms with Gasteiger partial charge in [0.2, 0.25) is 17.7 Å². The van der Waals surface area contributed by atoms with Gasteiger partial charge in [0.05, 0.1) is 30.9 Å². The Morgan fingerprint density at radius 2 is 1.82 bits per heavy atom. The molecule has 0 spiro atoms. The SMILES string of the molecule is CC(NC(=O)c1cccc(NCc2nnc(-c3ccncn3)n2C)c1)c1cccc(OCCCCCCn2cc(CCCC(=O)Nc3cccc(C=O)c3CN(C)C3CCC(=O)NC3=O)nn2)c1. The minimum Gasteiger partial charge on any atom is -0.494 e. The number of piperidine rings is 1. The molecule has 0 radical (unpaired) electrons. The van der Waals surface area contributed by atoms with E-state index in [4.69, 9.17) is 4.74 Å². The summed E-state index contributed by atoms with van der Waals surface area (Å²) in [6.07, 6.45) is 11.6. The normalized spacial score (nSPS) is 14.0. The average Bonchev–Trinajstić information content (AvgIpc) is 3.96. The molecule has 4 heterocycles. The molecule has 19 heteroatoms. The van der Waals surface area contributed by atoms with Crippen molar-refractivity contribution in [3.8, 4) is 17.3 Å². The highest BCUT2D eigenvalue weighted by atomic mass is 16.5. The molecule has 4 N–H and O–H groups in total. The molecule has 7 rings (SSSR count). The number of rotatable bonds is 24. The quantitative estimate of drug-likeness (QED) is 0.0328. The van der Waals surface area contributed by atoms with Crippen LogP contribution in [0.2, 0.25) is 0 Å². The predicted molar refractivity (Wildman–Crippen MR) is 253 cm³/mol. The van der Waals surface area contributed by atoms with Crippen molar-refractivity contribution in [3.05, 3.63) is 125 Å². The predicted octanol–water partition coefficient (Wildman–Crippen LogP) is 5.62. The van der Waals surface area contributed by atoms with Crippen LogP contribution in [0.25, 0.3) is 11.5 Å². The zero-order valence-electron chi connectivity index (χ0n) is 38.6. The van der Waals surface area contributed by atoms with E-state index in [9.17, 15) is 24.0 Å². The number of aldehydes is 1. The number of benzene rings is 3. The highest BCUT2D eigenvalue weighted by molar-refractivity contribution is 6.00. The first kappa shape index (κ1) is 48.3. The first-order valence-corrected chi connectivity index (χ1v) is 22.9. The number of ether oxygens (including phenoxy) is 1. The number of amides is 4. The Labute approximate surface area is 394 Å². The highest BCUT2D eigenvalue weighted by Gasteiger charge is 2.30. The van der Waals surface area contributed by atoms with E-state index in [0.717, 1.165) is 61.2 Å². The maximum Gasteiger partial charge on any atom is 0.251 e. The summed E-state index contributed by atoms with van der Waals surface area (Å²) in [5, 5.41) is 28.9. The Morgan fingerprint density at radius 3 is 2.65 bits per heavy atom. The van der Waals surface area contributed by atoms with Gasteiger partial charge in [-0.1, -0.05) is 42.0 Å². The Balaban J connectivity index is 0.770. The second-order valence-electron chi connectivity index (χ2n) is 16.8. The monoisotopic (exact) mass is 923 g/mol. The van der Waals surface area contributed by atoms with E-state index in [2.05, 4.69) is 51.7 Å². The van der Waals surface area contributed by atoms with E-state index >= 15 is 0 Å². The molecule has 19 nitrogen and oxygen atoms in total. The van der Waals surface area contributed by atoms with Gasteiger partial charge in [-0.25, -0.2) is 9.97 Å². The van der Waals surface area contributed by atoms with Crippen LogP contribution in [0.1, 0.15) is 108 Å². The van der Waals surface area contributed by atoms with E-state index in [1.54, 1.807) is 48.5 Å². The fourth-order valence-electron chi connectivity index (χ4n) is 7.95. The van der Waals surface area contributed by atoms with E-state index in [0.29, 0.717) is 72.1 Å². The van der Waals surface area contributed by atoms with Crippen LogP contribution in [0, 0.1) is 0 Å². The second kappa shape index (κ2) is 23.7. The van der Waals surface area contributed by atoms with Crippen molar-refractivity contribution < 1.29 is 28.7 Å². The Morgan fingerprint density at radius 1 is 0.985 bits per heavy atom. The van der Waals surface area contributed by atoms with Gasteiger partial charge in [-0.15, -0.1) is 15.3 Å². The van der Waals surface area contributed by atoms with E-state index in [1.807, 2.05) is 71.9 Å². The summed E-state index contributed by atoms with van der Waals surface area (Å²) >= 11 is 0. The molecule has 68 heavy (non-hydrogen) atoms. The number of nitrogens with zero attached hydrogens (tertiary/aromatic N) is 9. The summed E-state index contributed by atoms with van der Waals surface area (Å²) in [6, 6.07) is 21.3. The molecule has 4 amide bonds. The minimum absolute atomic E-state index is 0.189. The van der Waals surface area contributed by atoms with Gasteiger partial charge in [0.25, 0.3) is 5.91 Å². The lowest BCUT2D eigenvalue weighted by atomic mass is 10.0. The minimum atomic E-state index is -0.517. The van der Waals surface area contributed by atoms with Crippen molar-refractivity contribution in [2.45, 2.75) is 96.4 Å². The van der Waals surface area contributed by atoms with Crippen LogP contribution >= 0.6 is 0 Å². The lowest BCUT2D eigenvalue weighted by Gasteiger charge is -2.30. The molecule has 2 atom stereocenters. The number of hydrogen-bond acceptors (Lipinski definition) is 14. The van der Waals surface area contributed by atoms with Crippen molar-refractivity contribution in [1.82, 2.24) is 55.3 Å². The molecule has 1 saturated heterocycles. The smallest absolute Gasteiger partial charge is 0.251 e. The Hall–Kier alpha value is -7.67. The molecule has 3 aromatic heterocycles. The maximum absolute atomic E-state index is 13.3. The largest absolute Gasteiger partial charge is 0.494 e. The summed E-state index contributed by atoms with van der Waals surface area (Å²) in [6.45, 7) is 3.91. The number of aromatic nitrogens is 8. The topological polar surface area (TPSA) is 233 Å². The fourth-order valence-corrected chi connectivity index (χ4v) is 7.95. The van der Waals surface area contributed by atoms with Gasteiger partial charge in [-0.2, -0.15) is 0 Å². The number of carbonyl (C=O) groups is 5. The zero-order valence-corrected chi connectivity index (χ0v) is 38.6. The van der Waals surface area contributed by atoms with Crippen LogP contribution < -0.4 is 26.0 Å². The number of unbranched alkanes of at least 4 members (excludes halogenated alkanes) is 3. The molecule has 3 aromatic carbocycles. The zero-order chi connectivity index (χ0) is 47.8. The molecule has 6 aromatic rings. The number of imide groups is 1. The molecule has 2 unspecified atom stereocenters. The molecule has 0 bridgehead atoms. The van der Waals surface area contributed by atoms with Crippen LogP contribution in [0.4, 0.5) is 11.4 Å². The lowest BCUT2D eigenvalue weighted by molar-refractivity contribution is -0.137. The van der Waals surface area contributed by atoms with Gasteiger partial charge in [0, 0.05) is 73.4 Å². The number of carbonyl (C=O) groups excluding carboxylic acids is 5. The molecule has 0 saturated carbocycles. The molecule has 1 fully saturated rings. The Bertz CT molecular complexity index is 2690. The summed E-state index contributed by atoms with van der Waals surface area (Å²) < 4.78 is 9.79. The van der Waals surface area contributed by atoms with Crippen LogP contribution in [-0.2, 0) is 47.5 Å². The summed E-state index contributed by atoms with van der Waals surface area (Å²) in [4.78, 5) is 72.2. The maximum atomic E-state index is 13.3. The summed E-state index contributed by atoms with van der Waals surface area (Å²) in [5.74, 6) is 1.06. The van der Waals surface area contributed by atoms with Gasteiger partial charge >= 0.3 is 0 Å². The van der Waals surface area contributed by atoms with Crippen LogP contribution in [-0.4, -0.2) is 94.2 Å². The second-order valence-corrected chi connectivity index (χ2v) is 16.8. The van der Waals surface area contributed by atoms with Gasteiger partial charge in [-0.3, -0.25) is 38.9 Å². The number of nitrogens with one attached hydrogen (secondary N) is 4. The third-order valence-corrected chi connectivity index (χ3v) is 11.8. The molecular weight excluding hydrogens is 867 g/mol. The lowest BCUT2D eigenvalue weighted by Crippen LogP contribution is -2.51. The first-order valence-electron chi connectivity index (χ1n) is 22.9. The van der Waals surface area contributed by atoms with Crippen LogP contribution in [0.15, 0.2) is 91.5 Å². The van der Waals surface area contributed by atoms with Crippen molar-refractivity contribution in [2.75, 3.05) is 24.3 Å². The summed E-state index contributed by atoms with van der Waals surface area (Å²) in [5.41, 5.74) is 5.28. The van der Waals surface area contributed by atoms with Crippen molar-refractivity contribution in [1.29, 1.82) is 0 Å². The van der Waals surface area contributed by atoms with E-state index in [-0.39, 0.29) is 49.1 Å². The molecule has 1 aliphatic heterocycles. The molecule has 0 aliphatic carbocycles. The van der Waals surface area contributed by atoms with Crippen LogP contribution in [0.5, 0.6) is 5.75 Å².